The molecule has 6 nitrogen and oxygen atoms in total. The van der Waals surface area contributed by atoms with Gasteiger partial charge in [-0.25, -0.2) is 4.98 Å². The first kappa shape index (κ1) is 17.9. The molecule has 0 unspecified atom stereocenters. The molecule has 3 aromatic rings. The van der Waals surface area contributed by atoms with E-state index in [1.165, 1.54) is 11.3 Å². The third-order valence-corrected chi connectivity index (χ3v) is 5.84. The van der Waals surface area contributed by atoms with E-state index < -0.39 is 0 Å². The number of hydrogen-bond donors (Lipinski definition) is 1. The summed E-state index contributed by atoms with van der Waals surface area (Å²) in [7, 11) is 0. The molecular weight excluding hydrogens is 409 g/mol. The summed E-state index contributed by atoms with van der Waals surface area (Å²) >= 11 is 13.5. The summed E-state index contributed by atoms with van der Waals surface area (Å²) in [6, 6.07) is 9.57. The second-order valence-corrected chi connectivity index (χ2v) is 7.66. The van der Waals surface area contributed by atoms with E-state index in [0.717, 1.165) is 4.90 Å². The molecule has 136 valence electrons. The lowest BCUT2D eigenvalue weighted by Crippen LogP contribution is -2.28. The van der Waals surface area contributed by atoms with Gasteiger partial charge in [0, 0.05) is 18.4 Å². The fourth-order valence-electron chi connectivity index (χ4n) is 2.79. The maximum absolute atomic E-state index is 12.5. The second-order valence-electron chi connectivity index (χ2n) is 5.85. The largest absolute Gasteiger partial charge is 0.298 e. The molecule has 3 amide bonds. The third-order valence-electron chi connectivity index (χ3n) is 4.11. The Balaban J connectivity index is 1.55. The van der Waals surface area contributed by atoms with Gasteiger partial charge in [-0.1, -0.05) is 34.5 Å². The molecule has 1 aromatic heterocycles. The molecule has 0 aliphatic carbocycles. The van der Waals surface area contributed by atoms with E-state index in [-0.39, 0.29) is 30.6 Å². The van der Waals surface area contributed by atoms with Crippen LogP contribution in [-0.4, -0.2) is 22.7 Å². The lowest BCUT2D eigenvalue weighted by molar-refractivity contribution is -0.121. The molecule has 2 heterocycles. The third kappa shape index (κ3) is 3.29. The number of halogens is 2. The molecule has 4 rings (SSSR count). The molecule has 9 heteroatoms. The van der Waals surface area contributed by atoms with Gasteiger partial charge in [0.15, 0.2) is 5.13 Å². The van der Waals surface area contributed by atoms with Crippen molar-refractivity contribution in [2.75, 3.05) is 10.2 Å². The smallest absolute Gasteiger partial charge is 0.257 e. The van der Waals surface area contributed by atoms with Crippen molar-refractivity contribution in [3.8, 4) is 0 Å². The monoisotopic (exact) mass is 419 g/mol. The number of benzene rings is 2. The summed E-state index contributed by atoms with van der Waals surface area (Å²) < 4.78 is 0.695. The molecule has 0 spiro atoms. The van der Waals surface area contributed by atoms with Crippen LogP contribution in [0.15, 0.2) is 36.4 Å². The van der Waals surface area contributed by atoms with Crippen molar-refractivity contribution < 1.29 is 14.4 Å². The Labute approximate surface area is 167 Å². The number of imide groups is 1. The SMILES string of the molecule is O=C(Nc1nc2c(Cl)ccc(Cl)c2s1)c1ccc(N2C(=O)CCC2=O)cc1. The van der Waals surface area contributed by atoms with Crippen molar-refractivity contribution in [3.63, 3.8) is 0 Å². The fourth-order valence-corrected chi connectivity index (χ4v) is 4.21. The van der Waals surface area contributed by atoms with E-state index in [0.29, 0.717) is 36.6 Å². The summed E-state index contributed by atoms with van der Waals surface area (Å²) in [6.45, 7) is 0. The number of fused-ring (bicyclic) bond motifs is 1. The lowest BCUT2D eigenvalue weighted by atomic mass is 10.2. The van der Waals surface area contributed by atoms with E-state index in [4.69, 9.17) is 23.2 Å². The van der Waals surface area contributed by atoms with Gasteiger partial charge >= 0.3 is 0 Å². The number of amides is 3. The number of thiazole rings is 1. The molecule has 2 aromatic carbocycles. The van der Waals surface area contributed by atoms with Gasteiger partial charge in [0.25, 0.3) is 5.91 Å². The maximum atomic E-state index is 12.5. The highest BCUT2D eigenvalue weighted by molar-refractivity contribution is 7.23. The van der Waals surface area contributed by atoms with Crippen LogP contribution >= 0.6 is 34.5 Å². The van der Waals surface area contributed by atoms with Crippen molar-refractivity contribution in [2.24, 2.45) is 0 Å². The molecule has 1 saturated heterocycles. The number of carbonyl (C=O) groups excluding carboxylic acids is 3. The Morgan fingerprint density at radius 3 is 2.26 bits per heavy atom. The van der Waals surface area contributed by atoms with Crippen LogP contribution in [0, 0.1) is 0 Å². The predicted octanol–water partition coefficient (Wildman–Crippen LogP) is 4.51. The molecule has 0 radical (unpaired) electrons. The van der Waals surface area contributed by atoms with E-state index in [1.807, 2.05) is 0 Å². The van der Waals surface area contributed by atoms with Crippen LogP contribution < -0.4 is 10.2 Å². The number of nitrogens with zero attached hydrogens (tertiary/aromatic N) is 2. The Morgan fingerprint density at radius 2 is 1.63 bits per heavy atom. The van der Waals surface area contributed by atoms with Gasteiger partial charge in [-0.3, -0.25) is 24.6 Å². The highest BCUT2D eigenvalue weighted by Gasteiger charge is 2.30. The molecular formula is C18H11Cl2N3O3S. The Morgan fingerprint density at radius 1 is 1.00 bits per heavy atom. The second kappa shape index (κ2) is 6.92. The minimum absolute atomic E-state index is 0.212. The molecule has 0 saturated carbocycles. The van der Waals surface area contributed by atoms with Crippen LogP contribution in [0.25, 0.3) is 10.2 Å². The average Bonchev–Trinajstić information content (AvgIpc) is 3.22. The molecule has 1 aliphatic rings. The van der Waals surface area contributed by atoms with Crippen LogP contribution in [0.3, 0.4) is 0 Å². The number of rotatable bonds is 3. The van der Waals surface area contributed by atoms with Crippen molar-refractivity contribution >= 4 is 73.3 Å². The standard InChI is InChI=1S/C18H11Cl2N3O3S/c19-11-5-6-12(20)16-15(11)21-18(27-16)22-17(26)9-1-3-10(4-2-9)23-13(24)7-8-14(23)25/h1-6H,7-8H2,(H,21,22,26). The van der Waals surface area contributed by atoms with Crippen molar-refractivity contribution in [2.45, 2.75) is 12.8 Å². The number of carbonyl (C=O) groups is 3. The first-order chi connectivity index (χ1) is 12.9. The first-order valence-electron chi connectivity index (χ1n) is 7.96. The minimum atomic E-state index is -0.369. The van der Waals surface area contributed by atoms with Crippen LogP contribution in [0.1, 0.15) is 23.2 Å². The van der Waals surface area contributed by atoms with Crippen LogP contribution in [-0.2, 0) is 9.59 Å². The molecule has 1 N–H and O–H groups in total. The van der Waals surface area contributed by atoms with E-state index in [9.17, 15) is 14.4 Å². The zero-order chi connectivity index (χ0) is 19.1. The minimum Gasteiger partial charge on any atom is -0.298 e. The summed E-state index contributed by atoms with van der Waals surface area (Å²) in [6.07, 6.45) is 0.424. The van der Waals surface area contributed by atoms with Crippen molar-refractivity contribution in [1.82, 2.24) is 4.98 Å². The number of anilines is 2. The van der Waals surface area contributed by atoms with Crippen molar-refractivity contribution in [3.05, 3.63) is 52.0 Å². The average molecular weight is 420 g/mol. The fraction of sp³-hybridized carbons (Fsp3) is 0.111. The topological polar surface area (TPSA) is 79.4 Å². The molecule has 1 fully saturated rings. The van der Waals surface area contributed by atoms with Gasteiger partial charge in [0.2, 0.25) is 11.8 Å². The lowest BCUT2D eigenvalue weighted by Gasteiger charge is -2.13. The first-order valence-corrected chi connectivity index (χ1v) is 9.53. The van der Waals surface area contributed by atoms with Gasteiger partial charge in [-0.15, -0.1) is 0 Å². The molecule has 27 heavy (non-hydrogen) atoms. The highest BCUT2D eigenvalue weighted by atomic mass is 35.5. The van der Waals surface area contributed by atoms with Crippen molar-refractivity contribution in [1.29, 1.82) is 0 Å². The van der Waals surface area contributed by atoms with E-state index in [2.05, 4.69) is 10.3 Å². The Bertz CT molecular complexity index is 1040. The molecule has 1 aliphatic heterocycles. The predicted molar refractivity (Wildman–Crippen MR) is 106 cm³/mol. The van der Waals surface area contributed by atoms with Gasteiger partial charge in [-0.2, -0.15) is 0 Å². The van der Waals surface area contributed by atoms with Gasteiger partial charge < -0.3 is 0 Å². The van der Waals surface area contributed by atoms with Crippen LogP contribution in [0.4, 0.5) is 10.8 Å². The zero-order valence-electron chi connectivity index (χ0n) is 13.7. The number of nitrogens with one attached hydrogen (secondary N) is 1. The summed E-state index contributed by atoms with van der Waals surface area (Å²) in [5.74, 6) is -0.840. The van der Waals surface area contributed by atoms with E-state index >= 15 is 0 Å². The number of aromatic nitrogens is 1. The molecule has 0 bridgehead atoms. The van der Waals surface area contributed by atoms with E-state index in [1.54, 1.807) is 36.4 Å². The summed E-state index contributed by atoms with van der Waals surface area (Å²) in [5, 5.41) is 4.05. The molecule has 0 atom stereocenters. The normalized spacial score (nSPS) is 14.2. The van der Waals surface area contributed by atoms with Gasteiger partial charge in [0.1, 0.15) is 5.52 Å². The van der Waals surface area contributed by atoms with Crippen LogP contribution in [0.5, 0.6) is 0 Å². The van der Waals surface area contributed by atoms with Gasteiger partial charge in [-0.05, 0) is 36.4 Å². The Hall–Kier alpha value is -2.48. The quantitative estimate of drug-likeness (QED) is 0.633. The maximum Gasteiger partial charge on any atom is 0.257 e. The Kier molecular flexibility index (Phi) is 4.59. The van der Waals surface area contributed by atoms with Crippen LogP contribution in [0.2, 0.25) is 10.0 Å². The summed E-state index contributed by atoms with van der Waals surface area (Å²) in [4.78, 5) is 41.5. The number of hydrogen-bond acceptors (Lipinski definition) is 5. The summed E-state index contributed by atoms with van der Waals surface area (Å²) in [5.41, 5.74) is 1.36. The zero-order valence-corrected chi connectivity index (χ0v) is 16.0. The highest BCUT2D eigenvalue weighted by Crippen LogP contribution is 2.36. The van der Waals surface area contributed by atoms with Gasteiger partial charge in [0.05, 0.1) is 20.4 Å².